The van der Waals surface area contributed by atoms with Crippen molar-refractivity contribution in [2.24, 2.45) is 0 Å². The predicted molar refractivity (Wildman–Crippen MR) is 126 cm³/mol. The number of hydrogen-bond acceptors (Lipinski definition) is 5. The summed E-state index contributed by atoms with van der Waals surface area (Å²) in [4.78, 5) is 8.62. The Kier molecular flexibility index (Phi) is 10.6. The molecule has 1 heterocycles. The molecule has 0 aliphatic carbocycles. The van der Waals surface area contributed by atoms with E-state index in [4.69, 9.17) is 14.0 Å². The molecule has 1 atom stereocenters. The Bertz CT molecular complexity index is 1050. The molecule has 34 heavy (non-hydrogen) atoms. The summed E-state index contributed by atoms with van der Waals surface area (Å²) in [6, 6.07) is 11.7. The molecule has 0 aliphatic rings. The minimum atomic E-state index is -2.60. The minimum Gasteiger partial charge on any atom is -0.493 e. The first kappa shape index (κ1) is 26.0. The van der Waals surface area contributed by atoms with Gasteiger partial charge in [0.05, 0.1) is 19.1 Å². The smallest absolute Gasteiger partial charge is 0.493 e. The molecular formula is C25H29F2NO5P+. The zero-order chi connectivity index (χ0) is 24.2. The van der Waals surface area contributed by atoms with E-state index in [2.05, 4.69) is 9.84 Å². The summed E-state index contributed by atoms with van der Waals surface area (Å²) in [5.41, 5.74) is 2.71. The predicted octanol–water partition coefficient (Wildman–Crippen LogP) is 6.16. The zero-order valence-corrected chi connectivity index (χ0v) is 19.7. The summed E-state index contributed by atoms with van der Waals surface area (Å²) in [7, 11) is -2.60. The monoisotopic (exact) mass is 492 g/mol. The van der Waals surface area contributed by atoms with Gasteiger partial charge in [0.15, 0.2) is 0 Å². The topological polar surface area (TPSA) is 80.9 Å². The molecule has 0 saturated heterocycles. The van der Waals surface area contributed by atoms with E-state index >= 15 is 0 Å². The standard InChI is InChI=1S/C25H28F2NO5P/c26-23-9-4-3-8-19(23)7-2-1-5-12-32-25-16-24(27)21(15-22(25)20-10-14-31-18-20)17-28-11-6-13-33-34(29)30/h3-4,8-10,14-16,18,28H,1-2,5-7,11-13,17H2/p+1. The van der Waals surface area contributed by atoms with Crippen molar-refractivity contribution in [3.63, 3.8) is 0 Å². The molecule has 0 aliphatic heterocycles. The van der Waals surface area contributed by atoms with Crippen LogP contribution in [0.5, 0.6) is 5.75 Å². The van der Waals surface area contributed by atoms with Crippen molar-refractivity contribution in [1.29, 1.82) is 0 Å². The molecule has 3 aromatic rings. The number of halogens is 2. The van der Waals surface area contributed by atoms with Crippen LogP contribution in [0.2, 0.25) is 0 Å². The van der Waals surface area contributed by atoms with Crippen LogP contribution in [0.4, 0.5) is 8.78 Å². The van der Waals surface area contributed by atoms with Crippen LogP contribution in [0.3, 0.4) is 0 Å². The zero-order valence-electron chi connectivity index (χ0n) is 18.8. The number of ether oxygens (including phenoxy) is 1. The average Bonchev–Trinajstić information content (AvgIpc) is 3.35. The van der Waals surface area contributed by atoms with Gasteiger partial charge in [0, 0.05) is 33.9 Å². The van der Waals surface area contributed by atoms with E-state index in [0.29, 0.717) is 42.9 Å². The van der Waals surface area contributed by atoms with Gasteiger partial charge in [-0.3, -0.25) is 0 Å². The summed E-state index contributed by atoms with van der Waals surface area (Å²) in [6.07, 6.45) is 6.81. The van der Waals surface area contributed by atoms with Crippen molar-refractivity contribution < 1.29 is 31.9 Å². The molecule has 2 N–H and O–H groups in total. The first-order valence-corrected chi connectivity index (χ1v) is 12.4. The number of furan rings is 1. The molecule has 6 nitrogen and oxygen atoms in total. The third-order valence-electron chi connectivity index (χ3n) is 5.30. The highest BCUT2D eigenvalue weighted by Gasteiger charge is 2.14. The van der Waals surface area contributed by atoms with E-state index in [-0.39, 0.29) is 24.8 Å². The highest BCUT2D eigenvalue weighted by molar-refractivity contribution is 7.32. The number of nitrogens with one attached hydrogen (secondary N) is 1. The van der Waals surface area contributed by atoms with Crippen LogP contribution in [0.15, 0.2) is 59.4 Å². The SMILES string of the molecule is O=[P+](O)OCCCNCc1cc(-c2ccoc2)c(OCCCCCc2ccccc2F)cc1F. The lowest BCUT2D eigenvalue weighted by Gasteiger charge is -2.14. The number of aryl methyl sites for hydroxylation is 1. The van der Waals surface area contributed by atoms with E-state index in [1.54, 1.807) is 36.8 Å². The lowest BCUT2D eigenvalue weighted by molar-refractivity contribution is 0.276. The van der Waals surface area contributed by atoms with Crippen LogP contribution < -0.4 is 10.1 Å². The summed E-state index contributed by atoms with van der Waals surface area (Å²) in [5.74, 6) is -0.121. The molecular weight excluding hydrogens is 463 g/mol. The lowest BCUT2D eigenvalue weighted by Crippen LogP contribution is -2.17. The van der Waals surface area contributed by atoms with Crippen molar-refractivity contribution in [3.05, 3.63) is 77.8 Å². The lowest BCUT2D eigenvalue weighted by atomic mass is 10.0. The van der Waals surface area contributed by atoms with E-state index in [1.165, 1.54) is 12.1 Å². The molecule has 182 valence electrons. The fraction of sp³-hybridized carbons (Fsp3) is 0.360. The summed E-state index contributed by atoms with van der Waals surface area (Å²) < 4.78 is 54.6. The maximum atomic E-state index is 14.7. The summed E-state index contributed by atoms with van der Waals surface area (Å²) in [5, 5.41) is 3.10. The second kappa shape index (κ2) is 13.9. The van der Waals surface area contributed by atoms with Crippen LogP contribution >= 0.6 is 8.25 Å². The maximum Gasteiger partial charge on any atom is 0.694 e. The highest BCUT2D eigenvalue weighted by atomic mass is 31.1. The molecule has 1 aromatic heterocycles. The molecule has 1 unspecified atom stereocenters. The van der Waals surface area contributed by atoms with E-state index in [1.807, 2.05) is 6.07 Å². The Balaban J connectivity index is 1.51. The molecule has 0 bridgehead atoms. The third-order valence-corrected chi connectivity index (χ3v) is 5.71. The van der Waals surface area contributed by atoms with Crippen molar-refractivity contribution in [3.8, 4) is 16.9 Å². The molecule has 0 saturated carbocycles. The summed E-state index contributed by atoms with van der Waals surface area (Å²) in [6.45, 7) is 1.37. The molecule has 0 spiro atoms. The average molecular weight is 492 g/mol. The first-order valence-electron chi connectivity index (χ1n) is 11.3. The van der Waals surface area contributed by atoms with Gasteiger partial charge < -0.3 is 14.5 Å². The highest BCUT2D eigenvalue weighted by Crippen LogP contribution is 2.33. The van der Waals surface area contributed by atoms with Gasteiger partial charge in [0.25, 0.3) is 0 Å². The minimum absolute atomic E-state index is 0.147. The van der Waals surface area contributed by atoms with E-state index < -0.39 is 8.25 Å². The molecule has 3 rings (SSSR count). The fourth-order valence-electron chi connectivity index (χ4n) is 3.54. The third kappa shape index (κ3) is 8.29. The maximum absolute atomic E-state index is 14.7. The number of hydrogen-bond donors (Lipinski definition) is 2. The van der Waals surface area contributed by atoms with Gasteiger partial charge in [0.1, 0.15) is 24.0 Å². The number of unbranched alkanes of at least 4 members (excludes halogenated alkanes) is 2. The van der Waals surface area contributed by atoms with E-state index in [0.717, 1.165) is 30.4 Å². The van der Waals surface area contributed by atoms with Crippen LogP contribution in [0, 0.1) is 11.6 Å². The van der Waals surface area contributed by atoms with Gasteiger partial charge in [-0.1, -0.05) is 18.2 Å². The number of rotatable bonds is 15. The molecule has 0 amide bonds. The van der Waals surface area contributed by atoms with Crippen molar-refractivity contribution >= 4 is 8.25 Å². The van der Waals surface area contributed by atoms with Crippen molar-refractivity contribution in [2.45, 2.75) is 38.6 Å². The summed E-state index contributed by atoms with van der Waals surface area (Å²) >= 11 is 0. The second-order valence-electron chi connectivity index (χ2n) is 7.80. The Hall–Kier alpha value is -2.64. The van der Waals surface area contributed by atoms with Crippen LogP contribution in [0.25, 0.3) is 11.1 Å². The Morgan fingerprint density at radius 2 is 1.82 bits per heavy atom. The van der Waals surface area contributed by atoms with Crippen molar-refractivity contribution in [1.82, 2.24) is 5.32 Å². The van der Waals surface area contributed by atoms with E-state index in [9.17, 15) is 13.3 Å². The fourth-order valence-corrected chi connectivity index (χ4v) is 3.82. The van der Waals surface area contributed by atoms with Gasteiger partial charge in [-0.15, -0.1) is 9.42 Å². The molecule has 2 aromatic carbocycles. The van der Waals surface area contributed by atoms with Gasteiger partial charge >= 0.3 is 8.25 Å². The van der Waals surface area contributed by atoms with Crippen molar-refractivity contribution in [2.75, 3.05) is 19.8 Å². The number of benzene rings is 2. The van der Waals surface area contributed by atoms with Gasteiger partial charge in [-0.25, -0.2) is 8.78 Å². The van der Waals surface area contributed by atoms with Crippen LogP contribution in [0.1, 0.15) is 36.8 Å². The Morgan fingerprint density at radius 3 is 2.59 bits per heavy atom. The van der Waals surface area contributed by atoms with Crippen LogP contribution in [-0.2, 0) is 22.1 Å². The molecule has 9 heteroatoms. The van der Waals surface area contributed by atoms with Gasteiger partial charge in [-0.2, -0.15) is 0 Å². The van der Waals surface area contributed by atoms with Crippen LogP contribution in [-0.4, -0.2) is 24.7 Å². The molecule has 0 fully saturated rings. The molecule has 0 radical (unpaired) electrons. The van der Waals surface area contributed by atoms with Gasteiger partial charge in [0.2, 0.25) is 0 Å². The quantitative estimate of drug-likeness (QED) is 0.195. The Labute approximate surface area is 198 Å². The largest absolute Gasteiger partial charge is 0.694 e. The first-order chi connectivity index (χ1) is 16.5. The Morgan fingerprint density at radius 1 is 0.971 bits per heavy atom. The normalized spacial score (nSPS) is 11.6. The second-order valence-corrected chi connectivity index (χ2v) is 8.54. The van der Waals surface area contributed by atoms with Gasteiger partial charge in [-0.05, 0) is 62.4 Å².